The summed E-state index contributed by atoms with van der Waals surface area (Å²) in [5.41, 5.74) is 10.1. The van der Waals surface area contributed by atoms with Crippen LogP contribution in [0.25, 0.3) is 0 Å². The van der Waals surface area contributed by atoms with E-state index >= 15 is 0 Å². The van der Waals surface area contributed by atoms with Crippen molar-refractivity contribution >= 4 is 91.8 Å². The number of carbonyl (C=O) groups is 10. The molecule has 109 heavy (non-hydrogen) atoms. The Bertz CT molecular complexity index is 4460. The van der Waals surface area contributed by atoms with Crippen molar-refractivity contribution in [3.63, 3.8) is 0 Å². The third-order valence-electron chi connectivity index (χ3n) is 19.5. The molecule has 0 radical (unpaired) electrons. The van der Waals surface area contributed by atoms with Gasteiger partial charge in [0.1, 0.15) is 13.2 Å². The van der Waals surface area contributed by atoms with Crippen molar-refractivity contribution in [1.29, 1.82) is 0 Å². The number of amides is 6. The van der Waals surface area contributed by atoms with Gasteiger partial charge >= 0.3 is 11.9 Å². The molecule has 0 fully saturated rings. The Labute approximate surface area is 636 Å². The van der Waals surface area contributed by atoms with Gasteiger partial charge in [-0.25, -0.2) is 0 Å². The number of fused-ring (bicyclic) bond motifs is 8. The van der Waals surface area contributed by atoms with Crippen molar-refractivity contribution in [1.82, 2.24) is 10.6 Å². The average Bonchev–Trinajstić information content (AvgIpc) is 1.62. The molecule has 0 saturated heterocycles. The monoisotopic (exact) mass is 1520 g/mol. The van der Waals surface area contributed by atoms with Gasteiger partial charge in [0, 0.05) is 96.3 Å². The van der Waals surface area contributed by atoms with Crippen LogP contribution < -0.4 is 50.0 Å². The van der Waals surface area contributed by atoms with Crippen LogP contribution in [0.1, 0.15) is 177 Å². The lowest BCUT2D eigenvalue weighted by atomic mass is 9.99. The number of unbranched alkanes of at least 4 members (excludes halogenated alkanes) is 2. The Hall–Kier alpha value is -10.5. The van der Waals surface area contributed by atoms with Crippen molar-refractivity contribution in [2.24, 2.45) is 11.8 Å². The van der Waals surface area contributed by atoms with E-state index in [9.17, 15) is 61.5 Å². The fourth-order valence-electron chi connectivity index (χ4n) is 13.7. The minimum absolute atomic E-state index is 0. The molecule has 0 spiro atoms. The molecule has 6 aromatic carbocycles. The van der Waals surface area contributed by atoms with E-state index in [-0.39, 0.29) is 132 Å². The minimum Gasteiger partial charge on any atom is -0.493 e. The number of nitrogens with one attached hydrogen (secondary N) is 4. The van der Waals surface area contributed by atoms with Gasteiger partial charge < -0.3 is 64.6 Å². The first-order valence-corrected chi connectivity index (χ1v) is 38.1. The Kier molecular flexibility index (Phi) is 30.1. The highest BCUT2D eigenvalue weighted by Crippen LogP contribution is 2.43. The minimum atomic E-state index is -3.78. The Balaban J connectivity index is 0.000000273. The highest BCUT2D eigenvalue weighted by Gasteiger charge is 2.40. The molecule has 6 amide bonds. The maximum absolute atomic E-state index is 13.9. The summed E-state index contributed by atoms with van der Waals surface area (Å²) in [4.78, 5) is 131. The van der Waals surface area contributed by atoms with E-state index in [0.29, 0.717) is 106 Å². The topological polar surface area (TPSA) is 344 Å². The summed E-state index contributed by atoms with van der Waals surface area (Å²) in [5, 5.41) is 20.9. The van der Waals surface area contributed by atoms with Gasteiger partial charge in [0.05, 0.1) is 60.0 Å². The number of rotatable bonds is 34. The number of Topliss-reactive ketones (excluding diaryl/α,β-unsaturated/α-hetero) is 2. The van der Waals surface area contributed by atoms with E-state index in [1.807, 2.05) is 58.3 Å². The highest BCUT2D eigenvalue weighted by molar-refractivity contribution is 7.85. The van der Waals surface area contributed by atoms with Crippen LogP contribution in [0.2, 0.25) is 0 Å². The molecule has 0 saturated carbocycles. The number of ketones is 2. The normalized spacial score (nSPS) is 15.5. The van der Waals surface area contributed by atoms with E-state index in [1.54, 1.807) is 76.2 Å². The zero-order chi connectivity index (χ0) is 77.9. The van der Waals surface area contributed by atoms with Crippen LogP contribution in [0.4, 0.5) is 22.7 Å². The summed E-state index contributed by atoms with van der Waals surface area (Å²) in [7, 11) is 1.85. The van der Waals surface area contributed by atoms with Crippen LogP contribution in [0, 0.1) is 11.8 Å². The van der Waals surface area contributed by atoms with Crippen LogP contribution in [-0.2, 0) is 114 Å². The van der Waals surface area contributed by atoms with Crippen LogP contribution in [-0.4, -0.2) is 131 Å². The molecular weight excluding hydrogens is 1420 g/mol. The van der Waals surface area contributed by atoms with Crippen LogP contribution in [0.3, 0.4) is 0 Å². The zero-order valence-corrected chi connectivity index (χ0v) is 63.3. The van der Waals surface area contributed by atoms with Crippen LogP contribution in [0.5, 0.6) is 23.0 Å². The summed E-state index contributed by atoms with van der Waals surface area (Å²) in [6.45, 7) is 5.88. The van der Waals surface area contributed by atoms with Crippen LogP contribution >= 0.6 is 0 Å². The second-order valence-electron chi connectivity index (χ2n) is 27.8. The van der Waals surface area contributed by atoms with Gasteiger partial charge in [0.2, 0.25) is 23.6 Å². The van der Waals surface area contributed by atoms with Crippen LogP contribution in [0.15, 0.2) is 109 Å². The molecular formula is C82H100N6O20S. The maximum atomic E-state index is 13.9. The molecule has 5 N–H and O–H groups in total. The van der Waals surface area contributed by atoms with Crippen molar-refractivity contribution in [3.05, 3.63) is 165 Å². The number of aryl methyl sites for hydroxylation is 2. The summed E-state index contributed by atoms with van der Waals surface area (Å²) in [6.07, 6.45) is 7.96. The molecule has 10 rings (SSSR count). The number of nitrogens with zero attached hydrogens (tertiary/aromatic N) is 2. The third-order valence-corrected chi connectivity index (χ3v) is 20.1. The Morgan fingerprint density at radius 3 is 1.28 bits per heavy atom. The number of methoxy groups -OCH3 is 4. The Morgan fingerprint density at radius 1 is 0.505 bits per heavy atom. The number of esters is 2. The number of ether oxygens (including phenoxy) is 6. The van der Waals surface area contributed by atoms with E-state index in [2.05, 4.69) is 42.9 Å². The number of aliphatic hydroxyl groups is 1. The van der Waals surface area contributed by atoms with Gasteiger partial charge in [-0.2, -0.15) is 8.42 Å². The predicted octanol–water partition coefficient (Wildman–Crippen LogP) is 10.7. The van der Waals surface area contributed by atoms with Gasteiger partial charge in [-0.3, -0.25) is 52.1 Å². The molecule has 0 unspecified atom stereocenters. The SMILES string of the molecule is C.COC(=O)CCCCC(=O)N[C@@H](C)C(=O)C[C@@H](C)C(=O)Nc1cc(CO)cc(COc2cc3c(cc2OC)C(=O)N2c4ccccc4C[C@H]2CC3)c1.COC(=O)CCCCC(=O)N[C@@H](C)C(=O)C[C@@H](C)C(=O)Nc1cc(COc2cc3c(cc2OC)C(=O)N2c4ccccc4C[C@H]2CC3)cc(COS(C)(=O)=O)c1. The number of aliphatic hydroxyl groups excluding tert-OH is 1. The van der Waals surface area contributed by atoms with Crippen molar-refractivity contribution in [2.75, 3.05) is 55.1 Å². The second kappa shape index (κ2) is 39.0. The fourth-order valence-corrected chi connectivity index (χ4v) is 14.0. The molecule has 584 valence electrons. The summed E-state index contributed by atoms with van der Waals surface area (Å²) in [6, 6.07) is 31.8. The number of para-hydroxylation sites is 2. The lowest BCUT2D eigenvalue weighted by Crippen LogP contribution is -2.39. The van der Waals surface area contributed by atoms with E-state index in [4.69, 9.17) is 23.1 Å². The molecule has 26 nitrogen and oxygen atoms in total. The van der Waals surface area contributed by atoms with Crippen molar-refractivity contribution < 1.29 is 94.1 Å². The smallest absolute Gasteiger partial charge is 0.305 e. The van der Waals surface area contributed by atoms with Crippen molar-refractivity contribution in [2.45, 2.75) is 188 Å². The van der Waals surface area contributed by atoms with Gasteiger partial charge in [-0.05, 0) is 195 Å². The zero-order valence-electron chi connectivity index (χ0n) is 62.5. The number of benzene rings is 6. The second-order valence-corrected chi connectivity index (χ2v) is 29.4. The lowest BCUT2D eigenvalue weighted by Gasteiger charge is -2.23. The third kappa shape index (κ3) is 22.8. The van der Waals surface area contributed by atoms with E-state index in [1.165, 1.54) is 34.0 Å². The molecule has 4 heterocycles. The van der Waals surface area contributed by atoms with Gasteiger partial charge in [-0.15, -0.1) is 0 Å². The number of hydrogen-bond acceptors (Lipinski definition) is 20. The number of hydrogen-bond donors (Lipinski definition) is 5. The number of anilines is 4. The predicted molar refractivity (Wildman–Crippen MR) is 409 cm³/mol. The first-order valence-electron chi connectivity index (χ1n) is 36.3. The van der Waals surface area contributed by atoms with Crippen molar-refractivity contribution in [3.8, 4) is 23.0 Å². The maximum Gasteiger partial charge on any atom is 0.305 e. The van der Waals surface area contributed by atoms with E-state index in [0.717, 1.165) is 60.0 Å². The first kappa shape index (κ1) is 84.1. The summed E-state index contributed by atoms with van der Waals surface area (Å²) < 4.78 is 61.6. The quantitative estimate of drug-likeness (QED) is 0.0142. The van der Waals surface area contributed by atoms with Gasteiger partial charge in [-0.1, -0.05) is 57.7 Å². The largest absolute Gasteiger partial charge is 0.493 e. The van der Waals surface area contributed by atoms with E-state index < -0.39 is 45.9 Å². The first-order chi connectivity index (χ1) is 51.7. The molecule has 0 aromatic heterocycles. The van der Waals surface area contributed by atoms with Gasteiger partial charge in [0.25, 0.3) is 21.9 Å². The molecule has 0 aliphatic carbocycles. The highest BCUT2D eigenvalue weighted by atomic mass is 32.2. The molecule has 4 aliphatic heterocycles. The standard InChI is InChI=1S/C41H49N3O11S.C40H47N3O9.CH4/c1-25(16-35(45)26(2)42-38(46)12-8-9-13-39(47)53-4)40(48)43-31-18-27(17-28(19-31)24-55-56(5,50)51)23-54-37-21-29-14-15-32-20-30-10-6-7-11-34(30)44(32)41(49)33(29)22-36(37)52-3;1-24(15-34(45)25(2)41-37(46)11-7-8-12-38(47)51-4)39(48)42-30-17-26(22-44)16-27(18-30)23-52-36-20-28-13-14-31-19-29-9-5-6-10-33(29)43(31)40(49)32(28)21-35(36)50-3;/h6-7,10-11,17-19,21-22,25-26,32H,8-9,12-16,20,23-24H2,1-5H3,(H,42,46)(H,43,48);5-6,9-10,16-18,20-21,24-25,31,44H,7-8,11-15,19,22-23H2,1-4H3,(H,41,46)(H,42,48);1H4/t25-,26+,32-;24-,25+,31-;/m11./s1. The molecule has 27 heteroatoms. The lowest BCUT2D eigenvalue weighted by molar-refractivity contribution is -0.141. The Morgan fingerprint density at radius 2 is 0.890 bits per heavy atom. The average molecular weight is 1520 g/mol. The molecule has 0 bridgehead atoms. The number of carbonyl (C=O) groups excluding carboxylic acids is 10. The van der Waals surface area contributed by atoms with Gasteiger partial charge in [0.15, 0.2) is 34.6 Å². The summed E-state index contributed by atoms with van der Waals surface area (Å²) in [5.74, 6) is -2.72. The fraction of sp³-hybridized carbons (Fsp3) is 0.439. The molecule has 6 aromatic rings. The molecule has 4 aliphatic rings. The summed E-state index contributed by atoms with van der Waals surface area (Å²) >= 11 is 0. The molecule has 6 atom stereocenters.